The first kappa shape index (κ1) is 15.5. The highest BCUT2D eigenvalue weighted by Crippen LogP contribution is 2.26. The SMILES string of the molecule is C[C@H](N)c1ccc(OCCOC(C)(C)C)cc1Br. The second-order valence-electron chi connectivity index (χ2n) is 5.28. The van der Waals surface area contributed by atoms with Gasteiger partial charge in [-0.25, -0.2) is 0 Å². The van der Waals surface area contributed by atoms with Crippen molar-refractivity contribution in [2.75, 3.05) is 13.2 Å². The highest BCUT2D eigenvalue weighted by molar-refractivity contribution is 9.10. The van der Waals surface area contributed by atoms with Gasteiger partial charge in [0.2, 0.25) is 0 Å². The summed E-state index contributed by atoms with van der Waals surface area (Å²) < 4.78 is 12.2. The van der Waals surface area contributed by atoms with Crippen LogP contribution in [0.1, 0.15) is 39.3 Å². The fourth-order valence-corrected chi connectivity index (χ4v) is 2.19. The summed E-state index contributed by atoms with van der Waals surface area (Å²) in [4.78, 5) is 0. The first-order chi connectivity index (χ1) is 8.29. The summed E-state index contributed by atoms with van der Waals surface area (Å²) >= 11 is 3.50. The molecule has 1 atom stereocenters. The molecule has 0 spiro atoms. The predicted octanol–water partition coefficient (Wildman–Crippen LogP) is 3.66. The summed E-state index contributed by atoms with van der Waals surface area (Å²) in [5, 5.41) is 0. The van der Waals surface area contributed by atoms with Gasteiger partial charge < -0.3 is 15.2 Å². The van der Waals surface area contributed by atoms with Crippen LogP contribution in [0, 0.1) is 0 Å². The molecule has 0 saturated carbocycles. The van der Waals surface area contributed by atoms with Crippen LogP contribution >= 0.6 is 15.9 Å². The Morgan fingerprint density at radius 3 is 2.44 bits per heavy atom. The van der Waals surface area contributed by atoms with E-state index in [1.807, 2.05) is 45.9 Å². The van der Waals surface area contributed by atoms with Gasteiger partial charge in [-0.05, 0) is 45.4 Å². The molecule has 102 valence electrons. The fourth-order valence-electron chi connectivity index (χ4n) is 1.47. The topological polar surface area (TPSA) is 44.5 Å². The minimum Gasteiger partial charge on any atom is -0.491 e. The largest absolute Gasteiger partial charge is 0.491 e. The Morgan fingerprint density at radius 1 is 1.28 bits per heavy atom. The zero-order chi connectivity index (χ0) is 13.8. The van der Waals surface area contributed by atoms with E-state index in [1.54, 1.807) is 0 Å². The molecule has 2 N–H and O–H groups in total. The van der Waals surface area contributed by atoms with Crippen molar-refractivity contribution < 1.29 is 9.47 Å². The lowest BCUT2D eigenvalue weighted by Gasteiger charge is -2.19. The highest BCUT2D eigenvalue weighted by Gasteiger charge is 2.10. The van der Waals surface area contributed by atoms with Gasteiger partial charge in [-0.3, -0.25) is 0 Å². The van der Waals surface area contributed by atoms with Crippen molar-refractivity contribution in [1.82, 2.24) is 0 Å². The van der Waals surface area contributed by atoms with Crippen LogP contribution in [-0.4, -0.2) is 18.8 Å². The maximum atomic E-state index is 5.84. The molecule has 0 saturated heterocycles. The van der Waals surface area contributed by atoms with Crippen molar-refractivity contribution in [3.8, 4) is 5.75 Å². The summed E-state index contributed by atoms with van der Waals surface area (Å²) in [6.07, 6.45) is 0. The van der Waals surface area contributed by atoms with Gasteiger partial charge in [0.1, 0.15) is 12.4 Å². The Hall–Kier alpha value is -0.580. The third kappa shape index (κ3) is 5.38. The first-order valence-electron chi connectivity index (χ1n) is 6.11. The molecule has 1 rings (SSSR count). The average Bonchev–Trinajstić information content (AvgIpc) is 2.22. The van der Waals surface area contributed by atoms with Gasteiger partial charge in [0.25, 0.3) is 0 Å². The summed E-state index contributed by atoms with van der Waals surface area (Å²) in [5.74, 6) is 0.823. The zero-order valence-corrected chi connectivity index (χ0v) is 13.1. The molecule has 1 aromatic rings. The Labute approximate surface area is 118 Å². The Kier molecular flexibility index (Phi) is 5.63. The molecule has 1 aromatic carbocycles. The van der Waals surface area contributed by atoms with E-state index >= 15 is 0 Å². The van der Waals surface area contributed by atoms with Crippen LogP contribution in [0.2, 0.25) is 0 Å². The molecule has 0 amide bonds. The van der Waals surface area contributed by atoms with E-state index in [4.69, 9.17) is 15.2 Å². The van der Waals surface area contributed by atoms with Gasteiger partial charge in [-0.15, -0.1) is 0 Å². The first-order valence-corrected chi connectivity index (χ1v) is 6.90. The van der Waals surface area contributed by atoms with Crippen LogP contribution in [0.15, 0.2) is 22.7 Å². The summed E-state index contributed by atoms with van der Waals surface area (Å²) in [6.45, 7) is 9.16. The molecular weight excluding hydrogens is 294 g/mol. The van der Waals surface area contributed by atoms with Crippen LogP contribution in [0.5, 0.6) is 5.75 Å². The lowest BCUT2D eigenvalue weighted by molar-refractivity contribution is -0.0163. The molecule has 0 aliphatic carbocycles. The van der Waals surface area contributed by atoms with E-state index in [0.29, 0.717) is 13.2 Å². The molecule has 18 heavy (non-hydrogen) atoms. The number of benzene rings is 1. The van der Waals surface area contributed by atoms with Crippen molar-refractivity contribution in [3.63, 3.8) is 0 Å². The Morgan fingerprint density at radius 2 is 1.94 bits per heavy atom. The number of hydrogen-bond acceptors (Lipinski definition) is 3. The van der Waals surface area contributed by atoms with Crippen LogP contribution < -0.4 is 10.5 Å². The van der Waals surface area contributed by atoms with Crippen LogP contribution in [0.25, 0.3) is 0 Å². The third-order valence-corrected chi connectivity index (χ3v) is 3.04. The number of halogens is 1. The lowest BCUT2D eigenvalue weighted by atomic mass is 10.1. The summed E-state index contributed by atoms with van der Waals surface area (Å²) in [6, 6.07) is 5.86. The minimum absolute atomic E-state index is 0.0117. The Bertz CT molecular complexity index is 386. The summed E-state index contributed by atoms with van der Waals surface area (Å²) in [7, 11) is 0. The molecule has 0 fully saturated rings. The number of rotatable bonds is 5. The van der Waals surface area contributed by atoms with Gasteiger partial charge in [-0.1, -0.05) is 22.0 Å². The molecule has 0 bridgehead atoms. The quantitative estimate of drug-likeness (QED) is 0.843. The average molecular weight is 316 g/mol. The standard InChI is InChI=1S/C14H22BrNO2/c1-10(16)12-6-5-11(9-13(12)15)17-7-8-18-14(2,3)4/h5-6,9-10H,7-8,16H2,1-4H3/t10-/m0/s1. The maximum Gasteiger partial charge on any atom is 0.120 e. The van der Waals surface area contributed by atoms with E-state index in [-0.39, 0.29) is 11.6 Å². The van der Waals surface area contributed by atoms with E-state index < -0.39 is 0 Å². The van der Waals surface area contributed by atoms with Crippen LogP contribution in [0.4, 0.5) is 0 Å². The maximum absolute atomic E-state index is 5.84. The minimum atomic E-state index is -0.122. The normalized spacial score (nSPS) is 13.4. The van der Waals surface area contributed by atoms with Crippen molar-refractivity contribution >= 4 is 15.9 Å². The predicted molar refractivity (Wildman–Crippen MR) is 77.9 cm³/mol. The third-order valence-electron chi connectivity index (χ3n) is 2.35. The number of nitrogens with two attached hydrogens (primary N) is 1. The van der Waals surface area contributed by atoms with E-state index in [0.717, 1.165) is 15.8 Å². The van der Waals surface area contributed by atoms with Gasteiger partial charge in [0.15, 0.2) is 0 Å². The zero-order valence-electron chi connectivity index (χ0n) is 11.5. The van der Waals surface area contributed by atoms with Crippen LogP contribution in [-0.2, 0) is 4.74 Å². The van der Waals surface area contributed by atoms with Crippen molar-refractivity contribution in [2.45, 2.75) is 39.3 Å². The van der Waals surface area contributed by atoms with Crippen LogP contribution in [0.3, 0.4) is 0 Å². The second kappa shape index (κ2) is 6.55. The second-order valence-corrected chi connectivity index (χ2v) is 6.14. The molecule has 0 heterocycles. The van der Waals surface area contributed by atoms with Gasteiger partial charge in [0, 0.05) is 10.5 Å². The lowest BCUT2D eigenvalue weighted by Crippen LogP contribution is -2.22. The Balaban J connectivity index is 2.47. The molecule has 0 aromatic heterocycles. The van der Waals surface area contributed by atoms with E-state index in [1.165, 1.54) is 0 Å². The number of hydrogen-bond donors (Lipinski definition) is 1. The van der Waals surface area contributed by atoms with Crippen molar-refractivity contribution in [3.05, 3.63) is 28.2 Å². The molecule has 0 unspecified atom stereocenters. The highest BCUT2D eigenvalue weighted by atomic mass is 79.9. The molecule has 0 aliphatic rings. The van der Waals surface area contributed by atoms with Gasteiger partial charge in [0.05, 0.1) is 12.2 Å². The molecule has 4 heteroatoms. The smallest absolute Gasteiger partial charge is 0.120 e. The number of ether oxygens (including phenoxy) is 2. The molecule has 0 aliphatic heterocycles. The fraction of sp³-hybridized carbons (Fsp3) is 0.571. The molecule has 3 nitrogen and oxygen atoms in total. The molecule has 0 radical (unpaired) electrons. The monoisotopic (exact) mass is 315 g/mol. The van der Waals surface area contributed by atoms with E-state index in [9.17, 15) is 0 Å². The van der Waals surface area contributed by atoms with E-state index in [2.05, 4.69) is 15.9 Å². The van der Waals surface area contributed by atoms with Gasteiger partial charge in [-0.2, -0.15) is 0 Å². The summed E-state index contributed by atoms with van der Waals surface area (Å²) in [5.41, 5.74) is 6.80. The molecular formula is C14H22BrNO2. The van der Waals surface area contributed by atoms with Crippen molar-refractivity contribution in [1.29, 1.82) is 0 Å². The van der Waals surface area contributed by atoms with Crippen molar-refractivity contribution in [2.24, 2.45) is 5.73 Å². The van der Waals surface area contributed by atoms with Gasteiger partial charge >= 0.3 is 0 Å².